The van der Waals surface area contributed by atoms with Gasteiger partial charge in [0.15, 0.2) is 0 Å². The molecule has 0 aliphatic rings. The first kappa shape index (κ1) is 8.70. The molecule has 0 fully saturated rings. The van der Waals surface area contributed by atoms with Gasteiger partial charge in [0.2, 0.25) is 0 Å². The molecular formula is C13H10O. The lowest BCUT2D eigenvalue weighted by molar-refractivity contribution is -0.104. The van der Waals surface area contributed by atoms with Crippen molar-refractivity contribution in [3.8, 4) is 0 Å². The number of hydrogen-bond acceptors (Lipinski definition) is 1. The number of aldehydes is 1. The van der Waals surface area contributed by atoms with Gasteiger partial charge in [0.1, 0.15) is 6.29 Å². The number of hydrogen-bond donors (Lipinski definition) is 0. The maximum atomic E-state index is 10.2. The summed E-state index contributed by atoms with van der Waals surface area (Å²) in [4.78, 5) is 10.2. The zero-order valence-corrected chi connectivity index (χ0v) is 7.68. The van der Waals surface area contributed by atoms with Crippen molar-refractivity contribution >= 4 is 23.1 Å². The smallest absolute Gasteiger partial charge is 0.142 e. The summed E-state index contributed by atoms with van der Waals surface area (Å²) in [6, 6.07) is 14.3. The van der Waals surface area contributed by atoms with Gasteiger partial charge in [-0.15, -0.1) is 0 Å². The van der Waals surface area contributed by atoms with Crippen LogP contribution in [-0.2, 0) is 4.79 Å². The van der Waals surface area contributed by atoms with E-state index in [0.717, 1.165) is 11.8 Å². The summed E-state index contributed by atoms with van der Waals surface area (Å²) in [7, 11) is 0. The molecule has 0 aliphatic heterocycles. The van der Waals surface area contributed by atoms with Crippen molar-refractivity contribution < 1.29 is 4.79 Å². The molecule has 0 saturated heterocycles. The van der Waals surface area contributed by atoms with Gasteiger partial charge in [-0.3, -0.25) is 4.79 Å². The number of benzene rings is 2. The summed E-state index contributed by atoms with van der Waals surface area (Å²) in [6.07, 6.45) is 4.10. The highest BCUT2D eigenvalue weighted by Gasteiger charge is 1.91. The molecule has 0 atom stereocenters. The predicted molar refractivity (Wildman–Crippen MR) is 59.0 cm³/mol. The molecule has 0 bridgehead atoms. The fraction of sp³-hybridized carbons (Fsp3) is 0. The lowest BCUT2D eigenvalue weighted by atomic mass is 10.1. The van der Waals surface area contributed by atoms with E-state index in [9.17, 15) is 4.79 Å². The minimum Gasteiger partial charge on any atom is -0.299 e. The normalized spacial score (nSPS) is 10.9. The first-order chi connectivity index (χ1) is 6.90. The van der Waals surface area contributed by atoms with Crippen LogP contribution in [0.25, 0.3) is 16.8 Å². The van der Waals surface area contributed by atoms with E-state index in [0.29, 0.717) is 0 Å². The topological polar surface area (TPSA) is 17.1 Å². The highest BCUT2D eigenvalue weighted by atomic mass is 16.1. The molecule has 0 aliphatic carbocycles. The molecule has 0 N–H and O–H groups in total. The molecule has 0 saturated carbocycles. The van der Waals surface area contributed by atoms with Crippen LogP contribution in [0.1, 0.15) is 5.56 Å². The minimum absolute atomic E-state index is 0.787. The lowest BCUT2D eigenvalue weighted by Gasteiger charge is -1.98. The zero-order valence-electron chi connectivity index (χ0n) is 7.68. The molecule has 0 unspecified atom stereocenters. The SMILES string of the molecule is O=C/C=C/c1ccc2ccccc2c1. The maximum absolute atomic E-state index is 10.2. The van der Waals surface area contributed by atoms with E-state index < -0.39 is 0 Å². The Morgan fingerprint density at radius 1 is 0.929 bits per heavy atom. The van der Waals surface area contributed by atoms with Crippen molar-refractivity contribution in [1.82, 2.24) is 0 Å². The Kier molecular flexibility index (Phi) is 2.41. The van der Waals surface area contributed by atoms with Gasteiger partial charge in [-0.05, 0) is 28.5 Å². The summed E-state index contributed by atoms with van der Waals surface area (Å²) in [5.74, 6) is 0. The number of carbonyl (C=O) groups excluding carboxylic acids is 1. The number of allylic oxidation sites excluding steroid dienone is 1. The van der Waals surface area contributed by atoms with Gasteiger partial charge < -0.3 is 0 Å². The van der Waals surface area contributed by atoms with Crippen molar-refractivity contribution in [2.24, 2.45) is 0 Å². The zero-order chi connectivity index (χ0) is 9.80. The van der Waals surface area contributed by atoms with Crippen molar-refractivity contribution in [1.29, 1.82) is 0 Å². The third-order valence-electron chi connectivity index (χ3n) is 2.14. The first-order valence-electron chi connectivity index (χ1n) is 4.51. The second-order valence-corrected chi connectivity index (χ2v) is 3.10. The summed E-state index contributed by atoms with van der Waals surface area (Å²) in [6.45, 7) is 0. The van der Waals surface area contributed by atoms with Crippen molar-refractivity contribution in [3.63, 3.8) is 0 Å². The summed E-state index contributed by atoms with van der Waals surface area (Å²) >= 11 is 0. The molecule has 2 aromatic carbocycles. The molecule has 1 nitrogen and oxygen atoms in total. The highest BCUT2D eigenvalue weighted by molar-refractivity contribution is 5.85. The highest BCUT2D eigenvalue weighted by Crippen LogP contribution is 2.16. The van der Waals surface area contributed by atoms with Crippen LogP contribution in [0.2, 0.25) is 0 Å². The van der Waals surface area contributed by atoms with Crippen LogP contribution in [0.15, 0.2) is 48.5 Å². The molecule has 0 radical (unpaired) electrons. The molecular weight excluding hydrogens is 172 g/mol. The van der Waals surface area contributed by atoms with Crippen LogP contribution in [0.4, 0.5) is 0 Å². The van der Waals surface area contributed by atoms with E-state index in [-0.39, 0.29) is 0 Å². The van der Waals surface area contributed by atoms with Gasteiger partial charge in [0.05, 0.1) is 0 Å². The van der Waals surface area contributed by atoms with Gasteiger partial charge in [0.25, 0.3) is 0 Å². The minimum atomic E-state index is 0.787. The second-order valence-electron chi connectivity index (χ2n) is 3.10. The van der Waals surface area contributed by atoms with E-state index in [1.165, 1.54) is 16.8 Å². The monoisotopic (exact) mass is 182 g/mol. The van der Waals surface area contributed by atoms with Crippen LogP contribution < -0.4 is 0 Å². The Hall–Kier alpha value is -1.89. The molecule has 2 rings (SSSR count). The molecule has 2 aromatic rings. The van der Waals surface area contributed by atoms with Crippen molar-refractivity contribution in [2.45, 2.75) is 0 Å². The maximum Gasteiger partial charge on any atom is 0.142 e. The number of rotatable bonds is 2. The van der Waals surface area contributed by atoms with Crippen LogP contribution >= 0.6 is 0 Å². The summed E-state index contributed by atoms with van der Waals surface area (Å²) in [5, 5.41) is 2.41. The molecule has 0 spiro atoms. The van der Waals surface area contributed by atoms with E-state index in [2.05, 4.69) is 24.3 Å². The Labute approximate surface area is 82.7 Å². The Morgan fingerprint density at radius 3 is 2.50 bits per heavy atom. The molecule has 0 amide bonds. The average Bonchev–Trinajstić information content (AvgIpc) is 2.26. The van der Waals surface area contributed by atoms with E-state index >= 15 is 0 Å². The lowest BCUT2D eigenvalue weighted by Crippen LogP contribution is -1.74. The predicted octanol–water partition coefficient (Wildman–Crippen LogP) is 3.05. The Morgan fingerprint density at radius 2 is 1.71 bits per heavy atom. The van der Waals surface area contributed by atoms with Gasteiger partial charge in [-0.2, -0.15) is 0 Å². The third-order valence-corrected chi connectivity index (χ3v) is 2.14. The summed E-state index contributed by atoms with van der Waals surface area (Å²) < 4.78 is 0. The van der Waals surface area contributed by atoms with Crippen LogP contribution in [0, 0.1) is 0 Å². The van der Waals surface area contributed by atoms with Crippen molar-refractivity contribution in [2.75, 3.05) is 0 Å². The summed E-state index contributed by atoms with van der Waals surface area (Å²) in [5.41, 5.74) is 1.05. The largest absolute Gasteiger partial charge is 0.299 e. The number of fused-ring (bicyclic) bond motifs is 1. The van der Waals surface area contributed by atoms with Crippen LogP contribution in [-0.4, -0.2) is 6.29 Å². The van der Waals surface area contributed by atoms with Gasteiger partial charge in [-0.1, -0.05) is 42.5 Å². The molecule has 14 heavy (non-hydrogen) atoms. The van der Waals surface area contributed by atoms with Crippen LogP contribution in [0.3, 0.4) is 0 Å². The molecule has 1 heteroatoms. The Bertz CT molecular complexity index is 483. The van der Waals surface area contributed by atoms with Gasteiger partial charge in [-0.25, -0.2) is 0 Å². The van der Waals surface area contributed by atoms with Gasteiger partial charge >= 0.3 is 0 Å². The first-order valence-corrected chi connectivity index (χ1v) is 4.51. The van der Waals surface area contributed by atoms with Crippen LogP contribution in [0.5, 0.6) is 0 Å². The number of carbonyl (C=O) groups is 1. The van der Waals surface area contributed by atoms with E-state index in [1.807, 2.05) is 18.2 Å². The van der Waals surface area contributed by atoms with Gasteiger partial charge in [0, 0.05) is 0 Å². The van der Waals surface area contributed by atoms with Crippen molar-refractivity contribution in [3.05, 3.63) is 54.1 Å². The molecule has 68 valence electrons. The van der Waals surface area contributed by atoms with E-state index in [4.69, 9.17) is 0 Å². The fourth-order valence-corrected chi connectivity index (χ4v) is 1.46. The average molecular weight is 182 g/mol. The van der Waals surface area contributed by atoms with E-state index in [1.54, 1.807) is 6.08 Å². The second kappa shape index (κ2) is 3.88. The standard InChI is InChI=1S/C13H10O/c14-9-3-4-11-7-8-12-5-1-2-6-13(12)10-11/h1-10H/b4-3+. The molecule has 0 aromatic heterocycles. The fourth-order valence-electron chi connectivity index (χ4n) is 1.46. The quantitative estimate of drug-likeness (QED) is 0.515. The Balaban J connectivity index is 2.51. The molecule has 0 heterocycles. The third kappa shape index (κ3) is 1.72.